The second-order valence-electron chi connectivity index (χ2n) is 5.14. The quantitative estimate of drug-likeness (QED) is 0.900. The molecule has 2 N–H and O–H groups in total. The van der Waals surface area contributed by atoms with Crippen molar-refractivity contribution in [1.82, 2.24) is 4.90 Å². The zero-order valence-corrected chi connectivity index (χ0v) is 12.3. The highest BCUT2D eigenvalue weighted by Gasteiger charge is 2.44. The van der Waals surface area contributed by atoms with Crippen LogP contribution in [-0.4, -0.2) is 35.1 Å². The Bertz CT molecular complexity index is 581. The molecular formula is C14H16ClFN2O3. The minimum Gasteiger partial charge on any atom is -0.481 e. The topological polar surface area (TPSA) is 69.6 Å². The van der Waals surface area contributed by atoms with Gasteiger partial charge in [-0.25, -0.2) is 9.18 Å². The van der Waals surface area contributed by atoms with Crippen molar-refractivity contribution >= 4 is 29.3 Å². The van der Waals surface area contributed by atoms with Crippen LogP contribution in [0.4, 0.5) is 14.9 Å². The van der Waals surface area contributed by atoms with Crippen molar-refractivity contribution in [2.45, 2.75) is 19.8 Å². The number of rotatable bonds is 3. The average Bonchev–Trinajstić information content (AvgIpc) is 2.90. The fraction of sp³-hybridized carbons (Fsp3) is 0.429. The van der Waals surface area contributed by atoms with Crippen LogP contribution >= 0.6 is 11.6 Å². The first-order valence-electron chi connectivity index (χ1n) is 6.63. The van der Waals surface area contributed by atoms with E-state index in [-0.39, 0.29) is 17.3 Å². The molecule has 1 heterocycles. The van der Waals surface area contributed by atoms with Gasteiger partial charge >= 0.3 is 12.0 Å². The van der Waals surface area contributed by atoms with E-state index < -0.39 is 23.2 Å². The van der Waals surface area contributed by atoms with E-state index in [0.29, 0.717) is 19.4 Å². The molecule has 0 aromatic heterocycles. The smallest absolute Gasteiger partial charge is 0.321 e. The molecule has 2 amide bonds. The summed E-state index contributed by atoms with van der Waals surface area (Å²) in [7, 11) is 0. The molecule has 1 saturated heterocycles. The fourth-order valence-corrected chi connectivity index (χ4v) is 2.63. The molecule has 0 bridgehead atoms. The first-order valence-corrected chi connectivity index (χ1v) is 7.01. The van der Waals surface area contributed by atoms with Crippen molar-refractivity contribution in [1.29, 1.82) is 0 Å². The Morgan fingerprint density at radius 2 is 2.24 bits per heavy atom. The van der Waals surface area contributed by atoms with Crippen LogP contribution in [0, 0.1) is 11.2 Å². The molecule has 114 valence electrons. The minimum atomic E-state index is -0.912. The Hall–Kier alpha value is -1.82. The zero-order valence-electron chi connectivity index (χ0n) is 11.5. The Labute approximate surface area is 126 Å². The normalized spacial score (nSPS) is 21.4. The SMILES string of the molecule is CCC1(C(=O)O)CCN(C(=O)Nc2cccc(Cl)c2F)C1. The van der Waals surface area contributed by atoms with Crippen molar-refractivity contribution in [2.75, 3.05) is 18.4 Å². The third-order valence-electron chi connectivity index (χ3n) is 3.96. The number of benzene rings is 1. The van der Waals surface area contributed by atoms with Gasteiger partial charge in [0.2, 0.25) is 0 Å². The van der Waals surface area contributed by atoms with Crippen LogP contribution in [0.25, 0.3) is 0 Å². The Morgan fingerprint density at radius 3 is 2.81 bits per heavy atom. The van der Waals surface area contributed by atoms with Crippen LogP contribution in [0.1, 0.15) is 19.8 Å². The van der Waals surface area contributed by atoms with Gasteiger partial charge in [0.05, 0.1) is 16.1 Å². The summed E-state index contributed by atoms with van der Waals surface area (Å²) in [6.45, 7) is 2.23. The first kappa shape index (κ1) is 15.6. The second kappa shape index (κ2) is 5.89. The lowest BCUT2D eigenvalue weighted by molar-refractivity contribution is -0.148. The van der Waals surface area contributed by atoms with Gasteiger partial charge in [0, 0.05) is 13.1 Å². The van der Waals surface area contributed by atoms with Crippen LogP contribution in [0.5, 0.6) is 0 Å². The molecule has 1 aromatic carbocycles. The van der Waals surface area contributed by atoms with E-state index in [1.165, 1.54) is 23.1 Å². The molecule has 0 aliphatic carbocycles. The summed E-state index contributed by atoms with van der Waals surface area (Å²) < 4.78 is 13.7. The van der Waals surface area contributed by atoms with Gasteiger partial charge in [-0.05, 0) is 25.0 Å². The molecule has 1 aliphatic rings. The molecule has 1 aliphatic heterocycles. The lowest BCUT2D eigenvalue weighted by Crippen LogP contribution is -2.38. The van der Waals surface area contributed by atoms with Crippen LogP contribution in [0.2, 0.25) is 5.02 Å². The van der Waals surface area contributed by atoms with E-state index in [4.69, 9.17) is 11.6 Å². The van der Waals surface area contributed by atoms with Gasteiger partial charge < -0.3 is 15.3 Å². The lowest BCUT2D eigenvalue weighted by atomic mass is 9.84. The summed E-state index contributed by atoms with van der Waals surface area (Å²) in [5, 5.41) is 11.6. The predicted molar refractivity (Wildman–Crippen MR) is 77.0 cm³/mol. The third-order valence-corrected chi connectivity index (χ3v) is 4.26. The van der Waals surface area contributed by atoms with E-state index in [9.17, 15) is 19.1 Å². The number of carboxylic acid groups (broad SMARTS) is 1. The summed E-state index contributed by atoms with van der Waals surface area (Å²) in [4.78, 5) is 24.8. The molecule has 0 spiro atoms. The summed E-state index contributed by atoms with van der Waals surface area (Å²) in [5.41, 5.74) is -0.929. The maximum Gasteiger partial charge on any atom is 0.321 e. The Balaban J connectivity index is 2.09. The number of carbonyl (C=O) groups is 2. The fourth-order valence-electron chi connectivity index (χ4n) is 2.45. The van der Waals surface area contributed by atoms with Crippen LogP contribution in [0.3, 0.4) is 0 Å². The zero-order chi connectivity index (χ0) is 15.6. The summed E-state index contributed by atoms with van der Waals surface area (Å²) in [6, 6.07) is 3.79. The molecule has 1 aromatic rings. The summed E-state index contributed by atoms with van der Waals surface area (Å²) in [6.07, 6.45) is 0.835. The van der Waals surface area contributed by atoms with E-state index in [2.05, 4.69) is 5.32 Å². The molecule has 0 saturated carbocycles. The molecule has 7 heteroatoms. The number of amides is 2. The molecular weight excluding hydrogens is 299 g/mol. The number of carboxylic acids is 1. The van der Waals surface area contributed by atoms with Gasteiger partial charge in [-0.15, -0.1) is 0 Å². The molecule has 1 fully saturated rings. The highest BCUT2D eigenvalue weighted by molar-refractivity contribution is 6.31. The average molecular weight is 315 g/mol. The maximum atomic E-state index is 13.7. The van der Waals surface area contributed by atoms with Crippen LogP contribution < -0.4 is 5.32 Å². The number of nitrogens with one attached hydrogen (secondary N) is 1. The lowest BCUT2D eigenvalue weighted by Gasteiger charge is -2.23. The van der Waals surface area contributed by atoms with Gasteiger partial charge in [-0.3, -0.25) is 4.79 Å². The van der Waals surface area contributed by atoms with Crippen LogP contribution in [-0.2, 0) is 4.79 Å². The Kier molecular flexibility index (Phi) is 4.37. The maximum absolute atomic E-state index is 13.7. The van der Waals surface area contributed by atoms with Crippen molar-refractivity contribution in [3.05, 3.63) is 29.0 Å². The standard InChI is InChI=1S/C14H16ClFN2O3/c1-2-14(12(19)20)6-7-18(8-14)13(21)17-10-5-3-4-9(15)11(10)16/h3-5H,2,6-8H2,1H3,(H,17,21)(H,19,20). The highest BCUT2D eigenvalue weighted by atomic mass is 35.5. The molecule has 1 atom stereocenters. The number of carbonyl (C=O) groups excluding carboxylic acids is 1. The number of hydrogen-bond donors (Lipinski definition) is 2. The number of hydrogen-bond acceptors (Lipinski definition) is 2. The van der Waals surface area contributed by atoms with Crippen LogP contribution in [0.15, 0.2) is 18.2 Å². The predicted octanol–water partition coefficient (Wildman–Crippen LogP) is 3.20. The van der Waals surface area contributed by atoms with E-state index in [1.54, 1.807) is 6.92 Å². The van der Waals surface area contributed by atoms with Gasteiger partial charge in [0.25, 0.3) is 0 Å². The number of halogens is 2. The highest BCUT2D eigenvalue weighted by Crippen LogP contribution is 2.34. The summed E-state index contributed by atoms with van der Waals surface area (Å²) >= 11 is 5.65. The van der Waals surface area contributed by atoms with Gasteiger partial charge in [-0.1, -0.05) is 24.6 Å². The van der Waals surface area contributed by atoms with E-state index in [1.807, 2.05) is 0 Å². The van der Waals surface area contributed by atoms with Gasteiger partial charge in [-0.2, -0.15) is 0 Å². The third kappa shape index (κ3) is 2.95. The molecule has 1 unspecified atom stereocenters. The van der Waals surface area contributed by atoms with E-state index >= 15 is 0 Å². The molecule has 21 heavy (non-hydrogen) atoms. The largest absolute Gasteiger partial charge is 0.481 e. The number of aliphatic carboxylic acids is 1. The van der Waals surface area contributed by atoms with Crippen molar-refractivity contribution < 1.29 is 19.1 Å². The van der Waals surface area contributed by atoms with Crippen molar-refractivity contribution in [3.8, 4) is 0 Å². The first-order chi connectivity index (χ1) is 9.89. The Morgan fingerprint density at radius 1 is 1.52 bits per heavy atom. The van der Waals surface area contributed by atoms with Crippen molar-refractivity contribution in [2.24, 2.45) is 5.41 Å². The second-order valence-corrected chi connectivity index (χ2v) is 5.55. The van der Waals surface area contributed by atoms with Crippen molar-refractivity contribution in [3.63, 3.8) is 0 Å². The minimum absolute atomic E-state index is 0.0168. The monoisotopic (exact) mass is 314 g/mol. The molecule has 0 radical (unpaired) electrons. The number of urea groups is 1. The number of nitrogens with zero attached hydrogens (tertiary/aromatic N) is 1. The molecule has 2 rings (SSSR count). The molecule has 5 nitrogen and oxygen atoms in total. The van der Waals surface area contributed by atoms with Gasteiger partial charge in [0.15, 0.2) is 5.82 Å². The van der Waals surface area contributed by atoms with E-state index in [0.717, 1.165) is 0 Å². The number of likely N-dealkylation sites (tertiary alicyclic amines) is 1. The summed E-state index contributed by atoms with van der Waals surface area (Å²) in [5.74, 6) is -1.61. The number of anilines is 1. The van der Waals surface area contributed by atoms with Gasteiger partial charge in [0.1, 0.15) is 0 Å².